The zero-order valence-electron chi connectivity index (χ0n) is 16.2. The Morgan fingerprint density at radius 1 is 1.07 bits per heavy atom. The number of H-pyrrole nitrogens is 1. The van der Waals surface area contributed by atoms with Crippen molar-refractivity contribution in [3.8, 4) is 11.3 Å². The molecule has 0 saturated heterocycles. The predicted octanol–water partition coefficient (Wildman–Crippen LogP) is 4.96. The van der Waals surface area contributed by atoms with E-state index < -0.39 is 0 Å². The van der Waals surface area contributed by atoms with Gasteiger partial charge in [0.1, 0.15) is 5.82 Å². The van der Waals surface area contributed by atoms with E-state index in [-0.39, 0.29) is 11.7 Å². The molecule has 1 amide bonds. The fourth-order valence-corrected chi connectivity index (χ4v) is 3.60. The number of amides is 1. The lowest BCUT2D eigenvalue weighted by atomic mass is 10.0. The zero-order valence-corrected chi connectivity index (χ0v) is 16.2. The first-order chi connectivity index (χ1) is 14.1. The van der Waals surface area contributed by atoms with Crippen molar-refractivity contribution >= 4 is 16.8 Å². The third-order valence-electron chi connectivity index (χ3n) is 5.10. The van der Waals surface area contributed by atoms with E-state index in [0.29, 0.717) is 19.4 Å². The molecular formula is C24H22FN3O. The minimum Gasteiger partial charge on any atom is -0.354 e. The molecule has 29 heavy (non-hydrogen) atoms. The number of pyridine rings is 1. The van der Waals surface area contributed by atoms with Crippen LogP contribution in [-0.4, -0.2) is 27.8 Å². The van der Waals surface area contributed by atoms with Crippen LogP contribution in [0.3, 0.4) is 0 Å². The summed E-state index contributed by atoms with van der Waals surface area (Å²) in [5.74, 6) is -0.192. The first-order valence-electron chi connectivity index (χ1n) is 9.60. The minimum absolute atomic E-state index is 0.0733. The Labute approximate surface area is 169 Å². The summed E-state index contributed by atoms with van der Waals surface area (Å²) in [5.41, 5.74) is 4.94. The maximum atomic E-state index is 13.4. The minimum atomic E-state index is -0.265. The summed E-state index contributed by atoms with van der Waals surface area (Å²) in [6.45, 7) is 0.533. The Balaban J connectivity index is 1.56. The van der Waals surface area contributed by atoms with Crippen LogP contribution in [0.25, 0.3) is 22.2 Å². The smallest absolute Gasteiger partial charge is 0.222 e. The molecule has 4 rings (SSSR count). The monoisotopic (exact) mass is 387 g/mol. The lowest BCUT2D eigenvalue weighted by Gasteiger charge is -2.17. The van der Waals surface area contributed by atoms with Crippen molar-refractivity contribution in [2.45, 2.75) is 19.4 Å². The highest BCUT2D eigenvalue weighted by Crippen LogP contribution is 2.31. The van der Waals surface area contributed by atoms with Crippen molar-refractivity contribution in [1.29, 1.82) is 0 Å². The third-order valence-corrected chi connectivity index (χ3v) is 5.10. The highest BCUT2D eigenvalue weighted by Gasteiger charge is 2.16. The van der Waals surface area contributed by atoms with Crippen molar-refractivity contribution < 1.29 is 9.18 Å². The second kappa shape index (κ2) is 8.27. The molecule has 2 heterocycles. The average molecular weight is 387 g/mol. The molecule has 4 nitrogen and oxygen atoms in total. The van der Waals surface area contributed by atoms with E-state index in [0.717, 1.165) is 33.3 Å². The van der Waals surface area contributed by atoms with Crippen molar-refractivity contribution in [2.24, 2.45) is 0 Å². The zero-order chi connectivity index (χ0) is 20.2. The molecule has 0 bridgehead atoms. The highest BCUT2D eigenvalue weighted by atomic mass is 19.1. The number of nitrogens with one attached hydrogen (secondary N) is 1. The van der Waals surface area contributed by atoms with Gasteiger partial charge < -0.3 is 9.88 Å². The Kier molecular flexibility index (Phi) is 5.38. The van der Waals surface area contributed by atoms with Gasteiger partial charge in [0.05, 0.1) is 0 Å². The van der Waals surface area contributed by atoms with E-state index in [1.165, 1.54) is 12.1 Å². The fraction of sp³-hybridized carbons (Fsp3) is 0.167. The van der Waals surface area contributed by atoms with Gasteiger partial charge in [-0.3, -0.25) is 9.78 Å². The lowest BCUT2D eigenvalue weighted by molar-refractivity contribution is -0.130. The molecule has 2 aromatic carbocycles. The van der Waals surface area contributed by atoms with E-state index in [1.807, 2.05) is 37.4 Å². The van der Waals surface area contributed by atoms with Crippen LogP contribution in [0.5, 0.6) is 0 Å². The number of hydrogen-bond acceptors (Lipinski definition) is 2. The molecule has 5 heteroatoms. The van der Waals surface area contributed by atoms with E-state index in [1.54, 1.807) is 29.4 Å². The first-order valence-corrected chi connectivity index (χ1v) is 9.60. The Hall–Kier alpha value is -3.47. The predicted molar refractivity (Wildman–Crippen MR) is 113 cm³/mol. The molecular weight excluding hydrogens is 365 g/mol. The molecule has 0 aliphatic carbocycles. The van der Waals surface area contributed by atoms with Gasteiger partial charge in [-0.25, -0.2) is 4.39 Å². The number of para-hydroxylation sites is 1. The second-order valence-electron chi connectivity index (χ2n) is 7.14. The Morgan fingerprint density at radius 3 is 2.62 bits per heavy atom. The fourth-order valence-electron chi connectivity index (χ4n) is 3.60. The van der Waals surface area contributed by atoms with Gasteiger partial charge in [0, 0.05) is 49.0 Å². The van der Waals surface area contributed by atoms with E-state index in [2.05, 4.69) is 16.0 Å². The Morgan fingerprint density at radius 2 is 1.86 bits per heavy atom. The maximum Gasteiger partial charge on any atom is 0.222 e. The quantitative estimate of drug-likeness (QED) is 0.508. The molecule has 1 N–H and O–H groups in total. The second-order valence-corrected chi connectivity index (χ2v) is 7.14. The van der Waals surface area contributed by atoms with Gasteiger partial charge in [-0.15, -0.1) is 0 Å². The van der Waals surface area contributed by atoms with Crippen LogP contribution in [0.15, 0.2) is 73.1 Å². The van der Waals surface area contributed by atoms with Crippen molar-refractivity contribution in [2.75, 3.05) is 7.05 Å². The van der Waals surface area contributed by atoms with Crippen LogP contribution in [-0.2, 0) is 17.8 Å². The number of nitrogens with zero attached hydrogens (tertiary/aromatic N) is 2. The van der Waals surface area contributed by atoms with Gasteiger partial charge in [-0.05, 0) is 59.5 Å². The van der Waals surface area contributed by atoms with E-state index >= 15 is 0 Å². The highest BCUT2D eigenvalue weighted by molar-refractivity contribution is 5.91. The van der Waals surface area contributed by atoms with Crippen LogP contribution in [0.4, 0.5) is 4.39 Å². The number of benzene rings is 2. The molecule has 4 aromatic rings. The van der Waals surface area contributed by atoms with Crippen LogP contribution < -0.4 is 0 Å². The number of rotatable bonds is 6. The number of fused-ring (bicyclic) bond motifs is 1. The SMILES string of the molecule is CN(Cc1cccnc1)C(=O)CCc1c(-c2ccc(F)cc2)[nH]c2ccccc12. The molecule has 0 radical (unpaired) electrons. The number of carbonyl (C=O) groups excluding carboxylic acids is 1. The van der Waals surface area contributed by atoms with Crippen LogP contribution in [0.2, 0.25) is 0 Å². The van der Waals surface area contributed by atoms with E-state index in [4.69, 9.17) is 0 Å². The third kappa shape index (κ3) is 4.19. The molecule has 0 unspecified atom stereocenters. The maximum absolute atomic E-state index is 13.4. The summed E-state index contributed by atoms with van der Waals surface area (Å²) in [5, 5.41) is 1.09. The van der Waals surface area contributed by atoms with Crippen LogP contribution in [0, 0.1) is 5.82 Å². The number of aromatic amines is 1. The normalized spacial score (nSPS) is 11.0. The van der Waals surface area contributed by atoms with Gasteiger partial charge in [0.25, 0.3) is 0 Å². The van der Waals surface area contributed by atoms with Crippen molar-refractivity contribution in [1.82, 2.24) is 14.9 Å². The molecule has 0 fully saturated rings. The lowest BCUT2D eigenvalue weighted by Crippen LogP contribution is -2.26. The topological polar surface area (TPSA) is 49.0 Å². The van der Waals surface area contributed by atoms with Gasteiger partial charge >= 0.3 is 0 Å². The number of hydrogen-bond donors (Lipinski definition) is 1. The standard InChI is InChI=1S/C24H22FN3O/c1-28(16-17-5-4-14-26-15-17)23(29)13-12-21-20-6-2-3-7-22(20)27-24(21)18-8-10-19(25)11-9-18/h2-11,14-15,27H,12-13,16H2,1H3. The van der Waals surface area contributed by atoms with Crippen LogP contribution in [0.1, 0.15) is 17.5 Å². The summed E-state index contributed by atoms with van der Waals surface area (Å²) < 4.78 is 13.4. The Bertz CT molecular complexity index is 1120. The number of halogens is 1. The molecule has 0 atom stereocenters. The summed E-state index contributed by atoms with van der Waals surface area (Å²) >= 11 is 0. The van der Waals surface area contributed by atoms with Crippen LogP contribution >= 0.6 is 0 Å². The molecule has 0 spiro atoms. The van der Waals surface area contributed by atoms with Crippen molar-refractivity contribution in [3.05, 3.63) is 90.0 Å². The van der Waals surface area contributed by atoms with Gasteiger partial charge in [-0.1, -0.05) is 24.3 Å². The van der Waals surface area contributed by atoms with Gasteiger partial charge in [0.15, 0.2) is 0 Å². The van der Waals surface area contributed by atoms with Gasteiger partial charge in [-0.2, -0.15) is 0 Å². The molecule has 0 aliphatic heterocycles. The first kappa shape index (κ1) is 18.9. The number of carbonyl (C=O) groups is 1. The summed E-state index contributed by atoms with van der Waals surface area (Å²) in [7, 11) is 1.81. The molecule has 0 aliphatic rings. The van der Waals surface area contributed by atoms with Crippen molar-refractivity contribution in [3.63, 3.8) is 0 Å². The number of aromatic nitrogens is 2. The largest absolute Gasteiger partial charge is 0.354 e. The average Bonchev–Trinajstić information content (AvgIpc) is 3.12. The molecule has 2 aromatic heterocycles. The number of aryl methyl sites for hydroxylation is 1. The molecule has 0 saturated carbocycles. The molecule has 146 valence electrons. The van der Waals surface area contributed by atoms with E-state index in [9.17, 15) is 9.18 Å². The summed E-state index contributed by atoms with van der Waals surface area (Å²) in [4.78, 5) is 22.0. The summed E-state index contributed by atoms with van der Waals surface area (Å²) in [6.07, 6.45) is 4.50. The summed E-state index contributed by atoms with van der Waals surface area (Å²) in [6, 6.07) is 18.3. The van der Waals surface area contributed by atoms with Gasteiger partial charge in [0.2, 0.25) is 5.91 Å².